The van der Waals surface area contributed by atoms with Gasteiger partial charge in [0.1, 0.15) is 5.82 Å². The van der Waals surface area contributed by atoms with E-state index in [-0.39, 0.29) is 18.6 Å². The Morgan fingerprint density at radius 2 is 2.00 bits per heavy atom. The summed E-state index contributed by atoms with van der Waals surface area (Å²) in [5, 5.41) is 13.5. The third kappa shape index (κ3) is 3.84. The predicted octanol–water partition coefficient (Wildman–Crippen LogP) is 2.74. The standard InChI is InChI=1S/C13H14F4N2O2/c14-9-2-1-8(13(15,16)17)5-10(9)19-11(21)18-6-12(7-20)3-4-12/h1-2,5,20H,3-4,6-7H2,(H2,18,19,21). The predicted molar refractivity (Wildman–Crippen MR) is 67.2 cm³/mol. The van der Waals surface area contributed by atoms with E-state index in [2.05, 4.69) is 5.32 Å². The second kappa shape index (κ2) is 5.51. The van der Waals surface area contributed by atoms with Crippen molar-refractivity contribution >= 4 is 11.7 Å². The molecule has 0 aromatic heterocycles. The zero-order chi connectivity index (χ0) is 15.7. The second-order valence-corrected chi connectivity index (χ2v) is 5.16. The number of nitrogens with one attached hydrogen (secondary N) is 2. The fourth-order valence-corrected chi connectivity index (χ4v) is 1.80. The van der Waals surface area contributed by atoms with E-state index in [0.29, 0.717) is 18.2 Å². The number of benzene rings is 1. The van der Waals surface area contributed by atoms with E-state index in [4.69, 9.17) is 5.11 Å². The van der Waals surface area contributed by atoms with Gasteiger partial charge in [-0.15, -0.1) is 0 Å². The van der Waals surface area contributed by atoms with Crippen molar-refractivity contribution in [2.24, 2.45) is 5.41 Å². The maximum absolute atomic E-state index is 13.4. The molecule has 0 unspecified atom stereocenters. The topological polar surface area (TPSA) is 61.4 Å². The van der Waals surface area contributed by atoms with E-state index in [1.165, 1.54) is 0 Å². The van der Waals surface area contributed by atoms with Crippen molar-refractivity contribution in [3.63, 3.8) is 0 Å². The molecule has 0 aliphatic heterocycles. The third-order valence-electron chi connectivity index (χ3n) is 3.46. The summed E-state index contributed by atoms with van der Waals surface area (Å²) in [7, 11) is 0. The Morgan fingerprint density at radius 3 is 2.52 bits per heavy atom. The molecule has 0 heterocycles. The molecule has 0 radical (unpaired) electrons. The van der Waals surface area contributed by atoms with Crippen molar-refractivity contribution in [1.82, 2.24) is 5.32 Å². The Kier molecular flexibility index (Phi) is 4.08. The Morgan fingerprint density at radius 1 is 1.33 bits per heavy atom. The molecule has 1 aromatic rings. The van der Waals surface area contributed by atoms with Gasteiger partial charge in [-0.05, 0) is 31.0 Å². The highest BCUT2D eigenvalue weighted by Gasteiger charge is 2.42. The molecule has 1 saturated carbocycles. The zero-order valence-electron chi connectivity index (χ0n) is 10.9. The van der Waals surface area contributed by atoms with Crippen LogP contribution in [0.15, 0.2) is 18.2 Å². The van der Waals surface area contributed by atoms with Gasteiger partial charge in [0.15, 0.2) is 0 Å². The first-order valence-corrected chi connectivity index (χ1v) is 6.28. The molecule has 0 saturated heterocycles. The van der Waals surface area contributed by atoms with Crippen LogP contribution in [-0.4, -0.2) is 24.3 Å². The minimum atomic E-state index is -4.62. The SMILES string of the molecule is O=C(NCC1(CO)CC1)Nc1cc(C(F)(F)F)ccc1F. The van der Waals surface area contributed by atoms with Gasteiger partial charge >= 0.3 is 12.2 Å². The van der Waals surface area contributed by atoms with Gasteiger partial charge in [0.25, 0.3) is 0 Å². The lowest BCUT2D eigenvalue weighted by molar-refractivity contribution is -0.137. The summed E-state index contributed by atoms with van der Waals surface area (Å²) in [4.78, 5) is 11.6. The number of hydrogen-bond acceptors (Lipinski definition) is 2. The summed E-state index contributed by atoms with van der Waals surface area (Å²) < 4.78 is 51.0. The van der Waals surface area contributed by atoms with Crippen molar-refractivity contribution in [2.45, 2.75) is 19.0 Å². The van der Waals surface area contributed by atoms with Gasteiger partial charge in [-0.25, -0.2) is 9.18 Å². The zero-order valence-corrected chi connectivity index (χ0v) is 10.9. The fraction of sp³-hybridized carbons (Fsp3) is 0.462. The quantitative estimate of drug-likeness (QED) is 0.749. The number of amides is 2. The van der Waals surface area contributed by atoms with Crippen LogP contribution in [0.3, 0.4) is 0 Å². The third-order valence-corrected chi connectivity index (χ3v) is 3.46. The molecule has 0 spiro atoms. The summed E-state index contributed by atoms with van der Waals surface area (Å²) >= 11 is 0. The number of aliphatic hydroxyl groups is 1. The molecule has 0 atom stereocenters. The van der Waals surface area contributed by atoms with Gasteiger partial charge in [0, 0.05) is 12.0 Å². The molecule has 1 fully saturated rings. The molecule has 21 heavy (non-hydrogen) atoms. The minimum Gasteiger partial charge on any atom is -0.396 e. The van der Waals surface area contributed by atoms with Gasteiger partial charge in [0.05, 0.1) is 17.9 Å². The highest BCUT2D eigenvalue weighted by Crippen LogP contribution is 2.44. The number of anilines is 1. The number of rotatable bonds is 4. The molecule has 2 amide bonds. The van der Waals surface area contributed by atoms with Gasteiger partial charge in [0.2, 0.25) is 0 Å². The fourth-order valence-electron chi connectivity index (χ4n) is 1.80. The smallest absolute Gasteiger partial charge is 0.396 e. The lowest BCUT2D eigenvalue weighted by Crippen LogP contribution is -2.35. The van der Waals surface area contributed by atoms with E-state index < -0.39 is 29.3 Å². The van der Waals surface area contributed by atoms with E-state index in [1.54, 1.807) is 0 Å². The van der Waals surface area contributed by atoms with Crippen LogP contribution in [0.2, 0.25) is 0 Å². The average Bonchev–Trinajstić information content (AvgIpc) is 3.18. The summed E-state index contributed by atoms with van der Waals surface area (Å²) in [6.45, 7) is 0.112. The molecule has 1 aliphatic carbocycles. The first-order valence-electron chi connectivity index (χ1n) is 6.28. The van der Waals surface area contributed by atoms with Crippen molar-refractivity contribution in [3.8, 4) is 0 Å². The summed E-state index contributed by atoms with van der Waals surface area (Å²) in [6.07, 6.45) is -3.08. The van der Waals surface area contributed by atoms with Gasteiger partial charge in [-0.1, -0.05) is 0 Å². The monoisotopic (exact) mass is 306 g/mol. The summed E-state index contributed by atoms with van der Waals surface area (Å²) in [5.74, 6) is -0.957. The number of hydrogen-bond donors (Lipinski definition) is 3. The second-order valence-electron chi connectivity index (χ2n) is 5.16. The van der Waals surface area contributed by atoms with E-state index in [9.17, 15) is 22.4 Å². The number of urea groups is 1. The highest BCUT2D eigenvalue weighted by atomic mass is 19.4. The lowest BCUT2D eigenvalue weighted by Gasteiger charge is -2.14. The number of aliphatic hydroxyl groups excluding tert-OH is 1. The number of carbonyl (C=O) groups excluding carboxylic acids is 1. The van der Waals surface area contributed by atoms with Crippen LogP contribution >= 0.6 is 0 Å². The minimum absolute atomic E-state index is 0.0782. The van der Waals surface area contributed by atoms with Crippen LogP contribution in [0.1, 0.15) is 18.4 Å². The van der Waals surface area contributed by atoms with Gasteiger partial charge in [-0.3, -0.25) is 0 Å². The number of alkyl halides is 3. The van der Waals surface area contributed by atoms with E-state index in [0.717, 1.165) is 12.8 Å². The Bertz CT molecular complexity index is 541. The molecular formula is C13H14F4N2O2. The Balaban J connectivity index is 2.00. The van der Waals surface area contributed by atoms with E-state index in [1.807, 2.05) is 5.32 Å². The first-order chi connectivity index (χ1) is 9.76. The van der Waals surface area contributed by atoms with Crippen LogP contribution in [0.25, 0.3) is 0 Å². The van der Waals surface area contributed by atoms with Crippen LogP contribution in [0, 0.1) is 11.2 Å². The summed E-state index contributed by atoms with van der Waals surface area (Å²) in [5.41, 5.74) is -1.94. The molecule has 8 heteroatoms. The van der Waals surface area contributed by atoms with Crippen molar-refractivity contribution in [1.29, 1.82) is 0 Å². The molecule has 1 aromatic carbocycles. The molecule has 0 bridgehead atoms. The highest BCUT2D eigenvalue weighted by molar-refractivity contribution is 5.89. The Hall–Kier alpha value is -1.83. The molecule has 4 nitrogen and oxygen atoms in total. The van der Waals surface area contributed by atoms with E-state index >= 15 is 0 Å². The van der Waals surface area contributed by atoms with Gasteiger partial charge < -0.3 is 15.7 Å². The largest absolute Gasteiger partial charge is 0.416 e. The average molecular weight is 306 g/mol. The maximum Gasteiger partial charge on any atom is 0.416 e. The van der Waals surface area contributed by atoms with Crippen molar-refractivity contribution in [2.75, 3.05) is 18.5 Å². The molecular weight excluding hydrogens is 292 g/mol. The van der Waals surface area contributed by atoms with Crippen LogP contribution < -0.4 is 10.6 Å². The molecule has 116 valence electrons. The van der Waals surface area contributed by atoms with Crippen molar-refractivity contribution < 1.29 is 27.5 Å². The molecule has 1 aliphatic rings. The first kappa shape index (κ1) is 15.6. The maximum atomic E-state index is 13.4. The molecule has 3 N–H and O–H groups in total. The Labute approximate surface area is 118 Å². The van der Waals surface area contributed by atoms with Crippen LogP contribution in [0.4, 0.5) is 28.0 Å². The number of carbonyl (C=O) groups is 1. The van der Waals surface area contributed by atoms with Crippen molar-refractivity contribution in [3.05, 3.63) is 29.6 Å². The molecule has 2 rings (SSSR count). The van der Waals surface area contributed by atoms with Crippen LogP contribution in [0.5, 0.6) is 0 Å². The van der Waals surface area contributed by atoms with Gasteiger partial charge in [-0.2, -0.15) is 13.2 Å². The normalized spacial score (nSPS) is 16.4. The number of halogens is 4. The van der Waals surface area contributed by atoms with Crippen LogP contribution in [-0.2, 0) is 6.18 Å². The summed E-state index contributed by atoms with van der Waals surface area (Å²) in [6, 6.07) is 0.971. The lowest BCUT2D eigenvalue weighted by atomic mass is 10.1.